The lowest BCUT2D eigenvalue weighted by molar-refractivity contribution is -0.122. The van der Waals surface area contributed by atoms with E-state index < -0.39 is 11.9 Å². The molecule has 1 unspecified atom stereocenters. The molecule has 1 atom stereocenters. The normalized spacial score (nSPS) is 15.1. The van der Waals surface area contributed by atoms with E-state index in [9.17, 15) is 14.4 Å². The number of methoxy groups -OCH3 is 1. The Morgan fingerprint density at radius 3 is 2.44 bits per heavy atom. The molecule has 0 saturated carbocycles. The van der Waals surface area contributed by atoms with E-state index >= 15 is 0 Å². The van der Waals surface area contributed by atoms with Gasteiger partial charge in [0.1, 0.15) is 5.01 Å². The Hall–Kier alpha value is -4.30. The monoisotopic (exact) mass is 497 g/mol. The van der Waals surface area contributed by atoms with Crippen molar-refractivity contribution < 1.29 is 19.1 Å². The molecule has 2 heterocycles. The molecule has 1 aromatic heterocycles. The van der Waals surface area contributed by atoms with E-state index in [1.54, 1.807) is 35.6 Å². The molecule has 180 valence electrons. The number of carbonyl (C=O) groups excluding carboxylic acids is 3. The molecule has 0 radical (unpaired) electrons. The zero-order valence-electron chi connectivity index (χ0n) is 19.5. The van der Waals surface area contributed by atoms with Gasteiger partial charge in [0.2, 0.25) is 11.8 Å². The maximum atomic E-state index is 12.9. The Labute approximate surface area is 212 Å². The van der Waals surface area contributed by atoms with Crippen LogP contribution in [0.4, 0.5) is 11.4 Å². The minimum Gasteiger partial charge on any atom is -0.465 e. The lowest BCUT2D eigenvalue weighted by atomic mass is 10.1. The van der Waals surface area contributed by atoms with Gasteiger partial charge in [-0.3, -0.25) is 9.59 Å². The van der Waals surface area contributed by atoms with E-state index in [0.717, 1.165) is 21.8 Å². The number of anilines is 2. The summed E-state index contributed by atoms with van der Waals surface area (Å²) in [6, 6.07) is 24.3. The number of ether oxygens (including phenoxy) is 1. The van der Waals surface area contributed by atoms with Gasteiger partial charge < -0.3 is 15.0 Å². The Bertz CT molecular complexity index is 1420. The van der Waals surface area contributed by atoms with Gasteiger partial charge in [0, 0.05) is 35.2 Å². The molecule has 36 heavy (non-hydrogen) atoms. The highest BCUT2D eigenvalue weighted by Crippen LogP contribution is 2.31. The van der Waals surface area contributed by atoms with Crippen molar-refractivity contribution in [3.63, 3.8) is 0 Å². The Morgan fingerprint density at radius 1 is 0.972 bits per heavy atom. The number of hydrogen-bond donors (Lipinski definition) is 1. The molecule has 4 aromatic rings. The van der Waals surface area contributed by atoms with Crippen LogP contribution in [0.1, 0.15) is 16.8 Å². The summed E-state index contributed by atoms with van der Waals surface area (Å²) in [5.41, 5.74) is 4.29. The number of carbonyl (C=O) groups is 3. The molecule has 1 aliphatic rings. The SMILES string of the molecule is COC(=O)c1ccccc1N1CC(C(=O)Nc2ccc(-c3csc(-c4ccccc4)n3)cc2)CC1=O. The third kappa shape index (κ3) is 4.76. The molecule has 1 saturated heterocycles. The van der Waals surface area contributed by atoms with Gasteiger partial charge in [-0.1, -0.05) is 54.6 Å². The summed E-state index contributed by atoms with van der Waals surface area (Å²) < 4.78 is 4.83. The average Bonchev–Trinajstić information content (AvgIpc) is 3.57. The number of para-hydroxylation sites is 1. The number of nitrogens with one attached hydrogen (secondary N) is 1. The van der Waals surface area contributed by atoms with Gasteiger partial charge in [0.25, 0.3) is 0 Å². The summed E-state index contributed by atoms with van der Waals surface area (Å²) in [5, 5.41) is 5.87. The Kier molecular flexibility index (Phi) is 6.60. The predicted molar refractivity (Wildman–Crippen MR) is 140 cm³/mol. The summed E-state index contributed by atoms with van der Waals surface area (Å²) in [4.78, 5) is 44.0. The second kappa shape index (κ2) is 10.1. The summed E-state index contributed by atoms with van der Waals surface area (Å²) in [7, 11) is 1.29. The van der Waals surface area contributed by atoms with Crippen LogP contribution in [0.3, 0.4) is 0 Å². The third-order valence-electron chi connectivity index (χ3n) is 6.07. The summed E-state index contributed by atoms with van der Waals surface area (Å²) in [6.07, 6.45) is 0.0700. The summed E-state index contributed by atoms with van der Waals surface area (Å²) in [6.45, 7) is 0.192. The molecule has 7 nitrogen and oxygen atoms in total. The van der Waals surface area contributed by atoms with Crippen LogP contribution in [0, 0.1) is 5.92 Å². The van der Waals surface area contributed by atoms with Gasteiger partial charge in [-0.05, 0) is 24.3 Å². The van der Waals surface area contributed by atoms with Crippen LogP contribution in [-0.4, -0.2) is 36.4 Å². The van der Waals surface area contributed by atoms with E-state index in [1.165, 1.54) is 12.0 Å². The Balaban J connectivity index is 1.25. The van der Waals surface area contributed by atoms with Crippen LogP contribution in [0.2, 0.25) is 0 Å². The Morgan fingerprint density at radius 2 is 1.69 bits per heavy atom. The van der Waals surface area contributed by atoms with Crippen LogP contribution in [0.25, 0.3) is 21.8 Å². The molecular formula is C28H23N3O4S. The highest BCUT2D eigenvalue weighted by atomic mass is 32.1. The number of hydrogen-bond acceptors (Lipinski definition) is 6. The van der Waals surface area contributed by atoms with Gasteiger partial charge in [-0.2, -0.15) is 0 Å². The molecule has 1 aliphatic heterocycles. The van der Waals surface area contributed by atoms with Crippen LogP contribution in [0.5, 0.6) is 0 Å². The zero-order chi connectivity index (χ0) is 25.1. The molecule has 1 N–H and O–H groups in total. The predicted octanol–water partition coefficient (Wildman–Crippen LogP) is 5.26. The number of nitrogens with zero attached hydrogens (tertiary/aromatic N) is 2. The smallest absolute Gasteiger partial charge is 0.339 e. The lowest BCUT2D eigenvalue weighted by Gasteiger charge is -2.19. The fourth-order valence-electron chi connectivity index (χ4n) is 4.20. The number of aromatic nitrogens is 1. The van der Waals surface area contributed by atoms with Crippen LogP contribution in [0.15, 0.2) is 84.2 Å². The maximum Gasteiger partial charge on any atom is 0.339 e. The van der Waals surface area contributed by atoms with E-state index in [4.69, 9.17) is 9.72 Å². The van der Waals surface area contributed by atoms with Crippen molar-refractivity contribution in [3.8, 4) is 21.8 Å². The van der Waals surface area contributed by atoms with E-state index in [2.05, 4.69) is 5.32 Å². The van der Waals surface area contributed by atoms with Crippen molar-refractivity contribution in [1.29, 1.82) is 0 Å². The maximum absolute atomic E-state index is 12.9. The molecule has 2 amide bonds. The van der Waals surface area contributed by atoms with Crippen molar-refractivity contribution in [1.82, 2.24) is 4.98 Å². The third-order valence-corrected chi connectivity index (χ3v) is 6.96. The minimum absolute atomic E-state index is 0.0700. The van der Waals surface area contributed by atoms with E-state index in [-0.39, 0.29) is 24.8 Å². The highest BCUT2D eigenvalue weighted by molar-refractivity contribution is 7.13. The van der Waals surface area contributed by atoms with E-state index in [0.29, 0.717) is 16.9 Å². The number of esters is 1. The summed E-state index contributed by atoms with van der Waals surface area (Å²) >= 11 is 1.59. The van der Waals surface area contributed by atoms with Crippen molar-refractivity contribution in [2.45, 2.75) is 6.42 Å². The summed E-state index contributed by atoms with van der Waals surface area (Å²) in [5.74, 6) is -1.51. The van der Waals surface area contributed by atoms with Gasteiger partial charge in [0.15, 0.2) is 0 Å². The minimum atomic E-state index is -0.533. The molecule has 0 bridgehead atoms. The first kappa shape index (κ1) is 23.4. The van der Waals surface area contributed by atoms with Gasteiger partial charge in [0.05, 0.1) is 30.0 Å². The first-order chi connectivity index (χ1) is 17.5. The second-order valence-corrected chi connectivity index (χ2v) is 9.24. The molecule has 0 spiro atoms. The lowest BCUT2D eigenvalue weighted by Crippen LogP contribution is -2.29. The largest absolute Gasteiger partial charge is 0.465 e. The van der Waals surface area contributed by atoms with Crippen molar-refractivity contribution in [2.75, 3.05) is 23.9 Å². The van der Waals surface area contributed by atoms with Crippen LogP contribution >= 0.6 is 11.3 Å². The standard InChI is InChI=1S/C28H23N3O4S/c1-35-28(34)22-9-5-6-10-24(22)31-16-20(15-25(31)32)26(33)29-21-13-11-18(12-14-21)23-17-36-27(30-23)19-7-3-2-4-8-19/h2-14,17,20H,15-16H2,1H3,(H,29,33). The van der Waals surface area contributed by atoms with Gasteiger partial charge in [-0.15, -0.1) is 11.3 Å². The van der Waals surface area contributed by atoms with Gasteiger partial charge >= 0.3 is 5.97 Å². The molecule has 1 fully saturated rings. The fraction of sp³-hybridized carbons (Fsp3) is 0.143. The average molecular weight is 498 g/mol. The van der Waals surface area contributed by atoms with Crippen LogP contribution < -0.4 is 10.2 Å². The quantitative estimate of drug-likeness (QED) is 0.367. The highest BCUT2D eigenvalue weighted by Gasteiger charge is 2.36. The molecule has 5 rings (SSSR count). The number of rotatable bonds is 6. The van der Waals surface area contributed by atoms with Crippen molar-refractivity contribution in [2.24, 2.45) is 5.92 Å². The molecule has 3 aromatic carbocycles. The molecular weight excluding hydrogens is 474 g/mol. The fourth-order valence-corrected chi connectivity index (χ4v) is 5.03. The molecule has 0 aliphatic carbocycles. The van der Waals surface area contributed by atoms with Crippen molar-refractivity contribution >= 4 is 40.5 Å². The number of benzene rings is 3. The topological polar surface area (TPSA) is 88.6 Å². The molecule has 8 heteroatoms. The number of thiazole rings is 1. The first-order valence-electron chi connectivity index (χ1n) is 11.4. The van der Waals surface area contributed by atoms with E-state index in [1.807, 2.05) is 60.0 Å². The number of amides is 2. The second-order valence-electron chi connectivity index (χ2n) is 8.38. The van der Waals surface area contributed by atoms with Crippen LogP contribution in [-0.2, 0) is 14.3 Å². The van der Waals surface area contributed by atoms with Crippen molar-refractivity contribution in [3.05, 3.63) is 89.8 Å². The van der Waals surface area contributed by atoms with Gasteiger partial charge in [-0.25, -0.2) is 9.78 Å². The zero-order valence-corrected chi connectivity index (χ0v) is 20.3. The first-order valence-corrected chi connectivity index (χ1v) is 12.3.